The average Bonchev–Trinajstić information content (AvgIpc) is 3.31. The van der Waals surface area contributed by atoms with E-state index in [0.717, 1.165) is 4.90 Å². The van der Waals surface area contributed by atoms with Gasteiger partial charge in [0, 0.05) is 35.6 Å². The van der Waals surface area contributed by atoms with Crippen molar-refractivity contribution in [3.63, 3.8) is 0 Å². The fourth-order valence-corrected chi connectivity index (χ4v) is 7.57. The van der Waals surface area contributed by atoms with E-state index in [-0.39, 0.29) is 57.7 Å². The molecule has 3 atom stereocenters. The first-order valence-corrected chi connectivity index (χ1v) is 15.2. The van der Waals surface area contributed by atoms with Crippen LogP contribution >= 0.6 is 0 Å². The van der Waals surface area contributed by atoms with Crippen molar-refractivity contribution in [1.82, 2.24) is 4.90 Å². The lowest BCUT2D eigenvalue weighted by Crippen LogP contribution is -2.57. The maximum absolute atomic E-state index is 14.4. The van der Waals surface area contributed by atoms with Gasteiger partial charge in [0.25, 0.3) is 22.6 Å². The minimum absolute atomic E-state index is 0.0137. The number of nitrogens with two attached hydrogens (primary N) is 1. The number of nitrogens with zero attached hydrogens (tertiary/aromatic N) is 2. The highest BCUT2D eigenvalue weighted by Gasteiger charge is 2.60. The molecule has 248 valence electrons. The lowest BCUT2D eigenvalue weighted by Gasteiger charge is -2.45. The average molecular weight is 667 g/mol. The third-order valence-electron chi connectivity index (χ3n) is 9.88. The summed E-state index contributed by atoms with van der Waals surface area (Å²) in [6.07, 6.45) is -0.483. The van der Waals surface area contributed by atoms with E-state index in [1.807, 2.05) is 0 Å². The summed E-state index contributed by atoms with van der Waals surface area (Å²) in [5.74, 6) is -9.05. The number of Topliss-reactive ketones (excluding diaryl/α,β-unsaturated/α-hetero) is 2. The van der Waals surface area contributed by atoms with Crippen LogP contribution in [0, 0.1) is 16.7 Å². The van der Waals surface area contributed by atoms with E-state index in [4.69, 9.17) is 10.6 Å². The second-order valence-electron chi connectivity index (χ2n) is 12.4. The molecule has 0 bridgehead atoms. The number of hydrogen-bond donors (Lipinski definition) is 5. The third kappa shape index (κ3) is 4.40. The Labute approximate surface area is 276 Å². The lowest BCUT2D eigenvalue weighted by molar-refractivity contribution is -0.736. The van der Waals surface area contributed by atoms with Crippen molar-refractivity contribution in [3.8, 4) is 16.9 Å². The van der Waals surface area contributed by atoms with Gasteiger partial charge < -0.3 is 26.2 Å². The van der Waals surface area contributed by atoms with Crippen molar-refractivity contribution < 1.29 is 54.2 Å². The molecule has 49 heavy (non-hydrogen) atoms. The summed E-state index contributed by atoms with van der Waals surface area (Å²) in [6, 6.07) is 13.9. The maximum Gasteiger partial charge on any atom is 0.317 e. The highest BCUT2D eigenvalue weighted by molar-refractivity contribution is 6.25. The summed E-state index contributed by atoms with van der Waals surface area (Å²) in [4.78, 5) is 84.6. The smallest absolute Gasteiger partial charge is 0.317 e. The summed E-state index contributed by atoms with van der Waals surface area (Å²) < 4.78 is 0. The van der Waals surface area contributed by atoms with Crippen LogP contribution in [0.3, 0.4) is 0 Å². The van der Waals surface area contributed by atoms with Crippen LogP contribution in [0.15, 0.2) is 77.3 Å². The van der Waals surface area contributed by atoms with Crippen molar-refractivity contribution in [3.05, 3.63) is 110 Å². The molecular formula is C35H28N3O11+. The van der Waals surface area contributed by atoms with Crippen molar-refractivity contribution in [2.24, 2.45) is 17.6 Å². The number of imide groups is 1. The van der Waals surface area contributed by atoms with Crippen LogP contribution in [0.2, 0.25) is 0 Å². The van der Waals surface area contributed by atoms with E-state index >= 15 is 0 Å². The lowest BCUT2D eigenvalue weighted by atomic mass is 9.60. The Hall–Kier alpha value is -6.15. The van der Waals surface area contributed by atoms with E-state index in [1.165, 1.54) is 37.4 Å². The van der Waals surface area contributed by atoms with Gasteiger partial charge in [-0.15, -0.1) is 0 Å². The first-order valence-electron chi connectivity index (χ1n) is 15.2. The molecule has 0 saturated heterocycles. The van der Waals surface area contributed by atoms with Gasteiger partial charge in [0.05, 0.1) is 28.1 Å². The molecule has 0 saturated carbocycles. The zero-order valence-electron chi connectivity index (χ0n) is 25.8. The molecule has 3 aromatic carbocycles. The molecule has 1 heterocycles. The maximum atomic E-state index is 14.4. The summed E-state index contributed by atoms with van der Waals surface area (Å²) in [5.41, 5.74) is 2.45. The quantitative estimate of drug-likeness (QED) is 0.146. The van der Waals surface area contributed by atoms with E-state index in [1.54, 1.807) is 24.3 Å². The van der Waals surface area contributed by atoms with Crippen molar-refractivity contribution in [1.29, 1.82) is 0 Å². The molecule has 0 aromatic heterocycles. The van der Waals surface area contributed by atoms with Gasteiger partial charge in [-0.3, -0.25) is 28.9 Å². The fourth-order valence-electron chi connectivity index (χ4n) is 7.57. The van der Waals surface area contributed by atoms with Crippen LogP contribution < -0.4 is 5.73 Å². The predicted molar refractivity (Wildman–Crippen MR) is 167 cm³/mol. The van der Waals surface area contributed by atoms with Crippen LogP contribution in [0.25, 0.3) is 11.1 Å². The van der Waals surface area contributed by atoms with Gasteiger partial charge in [0.15, 0.2) is 18.5 Å². The summed E-state index contributed by atoms with van der Waals surface area (Å²) in [7, 11) is 1.18. The number of amides is 3. The molecule has 14 heteroatoms. The molecule has 7 rings (SSSR count). The first kappa shape index (κ1) is 31.4. The van der Waals surface area contributed by atoms with Crippen LogP contribution in [0.4, 0.5) is 5.69 Å². The number of phenolic OH excluding ortho intramolecular Hbond substituents is 1. The fraction of sp³-hybridized carbons (Fsp3) is 0.229. The largest absolute Gasteiger partial charge is 0.511 e. The van der Waals surface area contributed by atoms with Crippen LogP contribution in [-0.4, -0.2) is 72.2 Å². The number of fused-ring (bicyclic) bond motifs is 4. The number of aliphatic hydroxyl groups excluding tert-OH is 2. The molecule has 6 N–H and O–H groups in total. The number of aromatic hydroxyl groups is 1. The molecule has 4 aliphatic rings. The summed E-state index contributed by atoms with van der Waals surface area (Å²) in [5, 5.41) is 45.3. The van der Waals surface area contributed by atoms with Gasteiger partial charge in [0.2, 0.25) is 5.78 Å². The predicted octanol–water partition coefficient (Wildman–Crippen LogP) is 3.02. The SMILES string of the molecule is CO[N+](=O)c1cccc(-c2cc(CN3C(=O)c4ccccc4C3=O)c(O)c3c2CC2CC4CC(O)=C(C(N)=O)C(=O)[C@@]4(O)C(O)=C2C3=O)c1. The molecule has 3 amide bonds. The second-order valence-corrected chi connectivity index (χ2v) is 12.4. The summed E-state index contributed by atoms with van der Waals surface area (Å²) >= 11 is 0. The summed E-state index contributed by atoms with van der Waals surface area (Å²) in [6.45, 7) is -0.456. The molecule has 0 radical (unpaired) electrons. The molecule has 3 aromatic rings. The zero-order valence-corrected chi connectivity index (χ0v) is 25.8. The van der Waals surface area contributed by atoms with Gasteiger partial charge in [-0.1, -0.05) is 24.3 Å². The van der Waals surface area contributed by atoms with Crippen LogP contribution in [0.5, 0.6) is 5.75 Å². The Balaban J connectivity index is 1.41. The highest BCUT2D eigenvalue weighted by Crippen LogP contribution is 2.53. The van der Waals surface area contributed by atoms with Crippen LogP contribution in [0.1, 0.15) is 55.0 Å². The number of phenols is 1. The highest BCUT2D eigenvalue weighted by atomic mass is 16.8. The molecule has 14 nitrogen and oxygen atoms in total. The number of hydrogen-bond acceptors (Lipinski definition) is 11. The molecular weight excluding hydrogens is 638 g/mol. The van der Waals surface area contributed by atoms with Crippen LogP contribution in [-0.2, 0) is 27.4 Å². The number of primary amides is 1. The topological polar surface area (TPSA) is 225 Å². The molecule has 3 aliphatic carbocycles. The van der Waals surface area contributed by atoms with Gasteiger partial charge in [-0.2, -0.15) is 0 Å². The minimum Gasteiger partial charge on any atom is -0.511 e. The number of carbonyl (C=O) groups excluding carboxylic acids is 5. The van der Waals surface area contributed by atoms with Crippen molar-refractivity contribution in [2.75, 3.05) is 7.11 Å². The van der Waals surface area contributed by atoms with Gasteiger partial charge >= 0.3 is 5.69 Å². The standard InChI is InChI=1S/C35H27N3O11/c1-49-38(48)19-6-4-5-15(10-19)22-12-17(14-37-33(45)20-7-2-3-8-21(20)34(37)46)28(40)26-23(22)11-16-9-18-13-24(39)27(32(36)44)31(43)35(18,47)30(42)25(16)29(26)41/h2-8,10,12,16,18,47H,9,11,13-14H2,1H3,(H4-,36,39,40,41,42,43,44)/p+1/t16?,18?,35-/m0/s1. The van der Waals surface area contributed by atoms with Gasteiger partial charge in [-0.05, 0) is 53.6 Å². The number of aliphatic hydroxyl groups is 3. The first-order chi connectivity index (χ1) is 23.3. The van der Waals surface area contributed by atoms with Gasteiger partial charge in [-0.25, -0.2) is 4.84 Å². The van der Waals surface area contributed by atoms with Gasteiger partial charge in [0.1, 0.15) is 22.8 Å². The van der Waals surface area contributed by atoms with Crippen molar-refractivity contribution in [2.45, 2.75) is 31.4 Å². The molecule has 1 aliphatic heterocycles. The number of rotatable bonds is 6. The van der Waals surface area contributed by atoms with E-state index in [2.05, 4.69) is 0 Å². The normalized spacial score (nSPS) is 22.9. The van der Waals surface area contributed by atoms with E-state index in [0.29, 0.717) is 16.7 Å². The number of benzene rings is 3. The van der Waals surface area contributed by atoms with E-state index in [9.17, 15) is 49.3 Å². The third-order valence-corrected chi connectivity index (χ3v) is 9.88. The Bertz CT molecular complexity index is 2130. The molecule has 0 spiro atoms. The second kappa shape index (κ2) is 11.0. The Kier molecular flexibility index (Phi) is 7.03. The Morgan fingerprint density at radius 3 is 2.29 bits per heavy atom. The molecule has 0 fully saturated rings. The monoisotopic (exact) mass is 666 g/mol. The Morgan fingerprint density at radius 1 is 0.980 bits per heavy atom. The zero-order chi connectivity index (χ0) is 35.1. The molecule has 2 unspecified atom stereocenters. The van der Waals surface area contributed by atoms with E-state index < -0.39 is 76.1 Å². The number of ketones is 2. The Morgan fingerprint density at radius 2 is 1.65 bits per heavy atom. The minimum atomic E-state index is -2.75. The van der Waals surface area contributed by atoms with Crippen molar-refractivity contribution >= 4 is 35.0 Å². The number of carbonyl (C=O) groups is 5. The number of allylic oxidation sites excluding steroid dienone is 2.